The van der Waals surface area contributed by atoms with E-state index in [4.69, 9.17) is 5.73 Å². The van der Waals surface area contributed by atoms with Crippen molar-refractivity contribution in [2.75, 3.05) is 36.0 Å². The number of rotatable bonds is 3. The first-order valence-electron chi connectivity index (χ1n) is 7.36. The highest BCUT2D eigenvalue weighted by Crippen LogP contribution is 2.20. The van der Waals surface area contributed by atoms with Crippen LogP contribution in [0.5, 0.6) is 0 Å². The first-order valence-corrected chi connectivity index (χ1v) is 7.36. The minimum atomic E-state index is 0.0431. The lowest BCUT2D eigenvalue weighted by atomic mass is 10.1. The second-order valence-corrected chi connectivity index (χ2v) is 5.40. The fraction of sp³-hybridized carbons (Fsp3) is 0.375. The smallest absolute Gasteiger partial charge is 0.128 e. The summed E-state index contributed by atoms with van der Waals surface area (Å²) in [7, 11) is 0. The lowest BCUT2D eigenvalue weighted by Gasteiger charge is -2.36. The molecule has 3 heterocycles. The highest BCUT2D eigenvalue weighted by atomic mass is 15.3. The van der Waals surface area contributed by atoms with Crippen molar-refractivity contribution in [3.63, 3.8) is 0 Å². The molecular formula is C16H21N5. The van der Waals surface area contributed by atoms with Crippen LogP contribution in [0.25, 0.3) is 0 Å². The maximum Gasteiger partial charge on any atom is 0.128 e. The number of hydrogen-bond donors (Lipinski definition) is 1. The van der Waals surface area contributed by atoms with Crippen LogP contribution in [0.2, 0.25) is 0 Å². The van der Waals surface area contributed by atoms with Gasteiger partial charge in [0.05, 0.1) is 0 Å². The predicted molar refractivity (Wildman–Crippen MR) is 85.5 cm³/mol. The van der Waals surface area contributed by atoms with E-state index in [-0.39, 0.29) is 6.04 Å². The molecule has 1 aliphatic rings. The fourth-order valence-electron chi connectivity index (χ4n) is 2.60. The number of anilines is 2. The lowest BCUT2D eigenvalue weighted by molar-refractivity contribution is 0.641. The van der Waals surface area contributed by atoms with E-state index in [1.54, 1.807) is 0 Å². The van der Waals surface area contributed by atoms with Crippen LogP contribution in [-0.4, -0.2) is 36.1 Å². The maximum atomic E-state index is 5.95. The van der Waals surface area contributed by atoms with Crippen LogP contribution in [0, 0.1) is 0 Å². The Kier molecular flexibility index (Phi) is 4.01. The van der Waals surface area contributed by atoms with E-state index in [1.807, 2.05) is 37.5 Å². The largest absolute Gasteiger partial charge is 0.353 e. The SMILES string of the molecule is CC(N)c1ccnc(N2CCN(c3ccccn3)CC2)c1. The maximum absolute atomic E-state index is 5.95. The van der Waals surface area contributed by atoms with Crippen molar-refractivity contribution in [1.82, 2.24) is 9.97 Å². The van der Waals surface area contributed by atoms with E-state index in [0.717, 1.165) is 43.4 Å². The Hall–Kier alpha value is -2.14. The fourth-order valence-corrected chi connectivity index (χ4v) is 2.60. The second-order valence-electron chi connectivity index (χ2n) is 5.40. The van der Waals surface area contributed by atoms with E-state index in [2.05, 4.69) is 31.9 Å². The summed E-state index contributed by atoms with van der Waals surface area (Å²) in [6.45, 7) is 5.82. The molecule has 0 bridgehead atoms. The minimum absolute atomic E-state index is 0.0431. The molecule has 1 atom stereocenters. The van der Waals surface area contributed by atoms with Gasteiger partial charge in [-0.2, -0.15) is 0 Å². The molecule has 5 heteroatoms. The third-order valence-electron chi connectivity index (χ3n) is 3.87. The Morgan fingerprint density at radius 1 is 0.952 bits per heavy atom. The van der Waals surface area contributed by atoms with Gasteiger partial charge in [-0.15, -0.1) is 0 Å². The molecule has 0 radical (unpaired) electrons. The zero-order valence-electron chi connectivity index (χ0n) is 12.3. The first-order chi connectivity index (χ1) is 10.2. The van der Waals surface area contributed by atoms with Crippen molar-refractivity contribution in [1.29, 1.82) is 0 Å². The van der Waals surface area contributed by atoms with Gasteiger partial charge in [-0.3, -0.25) is 0 Å². The van der Waals surface area contributed by atoms with Gasteiger partial charge >= 0.3 is 0 Å². The topological polar surface area (TPSA) is 58.3 Å². The molecule has 1 fully saturated rings. The molecular weight excluding hydrogens is 262 g/mol. The van der Waals surface area contributed by atoms with E-state index in [0.29, 0.717) is 0 Å². The van der Waals surface area contributed by atoms with Crippen LogP contribution < -0.4 is 15.5 Å². The third-order valence-corrected chi connectivity index (χ3v) is 3.87. The molecule has 0 amide bonds. The minimum Gasteiger partial charge on any atom is -0.353 e. The molecule has 2 aromatic rings. The zero-order valence-corrected chi connectivity index (χ0v) is 12.3. The number of aromatic nitrogens is 2. The number of nitrogens with two attached hydrogens (primary N) is 1. The lowest BCUT2D eigenvalue weighted by Crippen LogP contribution is -2.47. The summed E-state index contributed by atoms with van der Waals surface area (Å²) < 4.78 is 0. The average Bonchev–Trinajstić information content (AvgIpc) is 2.56. The van der Waals surface area contributed by atoms with Crippen LogP contribution in [0.3, 0.4) is 0 Å². The van der Waals surface area contributed by atoms with E-state index >= 15 is 0 Å². The van der Waals surface area contributed by atoms with Crippen molar-refractivity contribution in [3.05, 3.63) is 48.3 Å². The summed E-state index contributed by atoms with van der Waals surface area (Å²) >= 11 is 0. The molecule has 1 unspecified atom stereocenters. The average molecular weight is 283 g/mol. The normalized spacial score (nSPS) is 16.9. The Morgan fingerprint density at radius 3 is 2.24 bits per heavy atom. The van der Waals surface area contributed by atoms with Gasteiger partial charge in [0, 0.05) is 44.6 Å². The van der Waals surface area contributed by atoms with Gasteiger partial charge in [-0.1, -0.05) is 6.07 Å². The third kappa shape index (κ3) is 3.13. The molecule has 0 aromatic carbocycles. The number of pyridine rings is 2. The number of piperazine rings is 1. The van der Waals surface area contributed by atoms with Crippen LogP contribution in [0.15, 0.2) is 42.7 Å². The molecule has 1 saturated heterocycles. The van der Waals surface area contributed by atoms with Gasteiger partial charge in [-0.25, -0.2) is 9.97 Å². The highest BCUT2D eigenvalue weighted by molar-refractivity contribution is 5.46. The van der Waals surface area contributed by atoms with E-state index < -0.39 is 0 Å². The van der Waals surface area contributed by atoms with E-state index in [9.17, 15) is 0 Å². The summed E-state index contributed by atoms with van der Waals surface area (Å²) in [5.74, 6) is 2.07. The molecule has 0 spiro atoms. The van der Waals surface area contributed by atoms with E-state index in [1.165, 1.54) is 0 Å². The van der Waals surface area contributed by atoms with Crippen molar-refractivity contribution >= 4 is 11.6 Å². The van der Waals surface area contributed by atoms with Crippen molar-refractivity contribution < 1.29 is 0 Å². The second kappa shape index (κ2) is 6.10. The number of nitrogens with zero attached hydrogens (tertiary/aromatic N) is 4. The summed E-state index contributed by atoms with van der Waals surface area (Å²) in [6, 6.07) is 10.2. The van der Waals surface area contributed by atoms with Crippen molar-refractivity contribution in [3.8, 4) is 0 Å². The van der Waals surface area contributed by atoms with Crippen molar-refractivity contribution in [2.45, 2.75) is 13.0 Å². The summed E-state index contributed by atoms with van der Waals surface area (Å²) in [5, 5.41) is 0. The summed E-state index contributed by atoms with van der Waals surface area (Å²) in [4.78, 5) is 13.5. The summed E-state index contributed by atoms with van der Waals surface area (Å²) in [5.41, 5.74) is 7.08. The molecule has 2 aromatic heterocycles. The molecule has 3 rings (SSSR count). The first kappa shape index (κ1) is 13.8. The van der Waals surface area contributed by atoms with Crippen LogP contribution >= 0.6 is 0 Å². The standard InChI is InChI=1S/C16H21N5/c1-13(17)14-5-7-19-16(12-14)21-10-8-20(9-11-21)15-4-2-3-6-18-15/h2-7,12-13H,8-11,17H2,1H3. The van der Waals surface area contributed by atoms with Crippen LogP contribution in [0.4, 0.5) is 11.6 Å². The molecule has 2 N–H and O–H groups in total. The Balaban J connectivity index is 1.67. The van der Waals surface area contributed by atoms with Crippen LogP contribution in [0.1, 0.15) is 18.5 Å². The van der Waals surface area contributed by atoms with Gasteiger partial charge < -0.3 is 15.5 Å². The van der Waals surface area contributed by atoms with Gasteiger partial charge in [0.1, 0.15) is 11.6 Å². The molecule has 0 aliphatic carbocycles. The molecule has 21 heavy (non-hydrogen) atoms. The molecule has 110 valence electrons. The van der Waals surface area contributed by atoms with Gasteiger partial charge in [-0.05, 0) is 36.8 Å². The Labute approximate surface area is 125 Å². The van der Waals surface area contributed by atoms with Crippen LogP contribution in [-0.2, 0) is 0 Å². The summed E-state index contributed by atoms with van der Waals surface area (Å²) in [6.07, 6.45) is 3.69. The van der Waals surface area contributed by atoms with Gasteiger partial charge in [0.2, 0.25) is 0 Å². The Bertz CT molecular complexity index is 576. The zero-order chi connectivity index (χ0) is 14.7. The molecule has 5 nitrogen and oxygen atoms in total. The molecule has 0 saturated carbocycles. The monoisotopic (exact) mass is 283 g/mol. The quantitative estimate of drug-likeness (QED) is 0.931. The van der Waals surface area contributed by atoms with Gasteiger partial charge in [0.15, 0.2) is 0 Å². The highest BCUT2D eigenvalue weighted by Gasteiger charge is 2.19. The molecule has 1 aliphatic heterocycles. The predicted octanol–water partition coefficient (Wildman–Crippen LogP) is 1.82. The Morgan fingerprint density at radius 2 is 1.62 bits per heavy atom. The van der Waals surface area contributed by atoms with Crippen molar-refractivity contribution in [2.24, 2.45) is 5.73 Å². The number of hydrogen-bond acceptors (Lipinski definition) is 5. The van der Waals surface area contributed by atoms with Gasteiger partial charge in [0.25, 0.3) is 0 Å².